The van der Waals surface area contributed by atoms with Crippen LogP contribution in [-0.4, -0.2) is 0 Å². The molecule has 0 unspecified atom stereocenters. The van der Waals surface area contributed by atoms with Crippen LogP contribution in [0.3, 0.4) is 0 Å². The van der Waals surface area contributed by atoms with Gasteiger partial charge in [-0.05, 0) is 142 Å². The van der Waals surface area contributed by atoms with Gasteiger partial charge in [-0.2, -0.15) is 0 Å². The predicted molar refractivity (Wildman–Crippen MR) is 220 cm³/mol. The van der Waals surface area contributed by atoms with Gasteiger partial charge in [-0.1, -0.05) is 164 Å². The summed E-state index contributed by atoms with van der Waals surface area (Å²) in [5.74, 6) is 0. The van der Waals surface area contributed by atoms with Crippen molar-refractivity contribution < 1.29 is 0 Å². The summed E-state index contributed by atoms with van der Waals surface area (Å²) in [5, 5.41) is 5.09. The quantitative estimate of drug-likeness (QED) is 0.177. The molecule has 0 amide bonds. The molecule has 0 aromatic heterocycles. The number of rotatable bonds is 4. The molecule has 0 radical (unpaired) electrons. The third kappa shape index (κ3) is 4.83. The SMILES string of the molecule is c1ccc(-c2ccc3c(c2)Cc2cc(-c4ccc5c(c4)Cc4cc(-c6ccc7cc(-c8ccc9ccccc9c8)ccc7c6)ccc4-5)ccc2-3)cc1. The molecule has 9 aromatic rings. The van der Waals surface area contributed by atoms with Gasteiger partial charge in [0.05, 0.1) is 0 Å². The van der Waals surface area contributed by atoms with Gasteiger partial charge in [-0.25, -0.2) is 0 Å². The maximum atomic E-state index is 2.43. The summed E-state index contributed by atoms with van der Waals surface area (Å²) in [5.41, 5.74) is 21.4. The second kappa shape index (κ2) is 11.5. The van der Waals surface area contributed by atoms with Gasteiger partial charge in [0.1, 0.15) is 0 Å². The highest BCUT2D eigenvalue weighted by atomic mass is 14.3. The van der Waals surface area contributed by atoms with Crippen LogP contribution in [0.1, 0.15) is 22.3 Å². The fraction of sp³-hybridized carbons (Fsp3) is 0.0385. The van der Waals surface area contributed by atoms with E-state index in [1.807, 2.05) is 0 Å². The van der Waals surface area contributed by atoms with Crippen LogP contribution in [0.4, 0.5) is 0 Å². The first-order chi connectivity index (χ1) is 25.7. The number of hydrogen-bond acceptors (Lipinski definition) is 0. The van der Waals surface area contributed by atoms with E-state index in [4.69, 9.17) is 0 Å². The van der Waals surface area contributed by atoms with Crippen molar-refractivity contribution in [3.63, 3.8) is 0 Å². The average Bonchev–Trinajstić information content (AvgIpc) is 3.77. The van der Waals surface area contributed by atoms with E-state index in [1.165, 1.54) is 111 Å². The molecule has 0 N–H and O–H groups in total. The van der Waals surface area contributed by atoms with E-state index in [0.717, 1.165) is 12.8 Å². The Hall–Kier alpha value is -6.50. The van der Waals surface area contributed by atoms with E-state index in [1.54, 1.807) is 0 Å². The van der Waals surface area contributed by atoms with Crippen molar-refractivity contribution >= 4 is 21.5 Å². The number of fused-ring (bicyclic) bond motifs is 8. The summed E-state index contributed by atoms with van der Waals surface area (Å²) >= 11 is 0. The van der Waals surface area contributed by atoms with Crippen molar-refractivity contribution in [2.75, 3.05) is 0 Å². The second-order valence-corrected chi connectivity index (χ2v) is 14.5. The summed E-state index contributed by atoms with van der Waals surface area (Å²) in [6, 6.07) is 67.9. The maximum Gasteiger partial charge on any atom is -0.00130 e. The lowest BCUT2D eigenvalue weighted by Crippen LogP contribution is -1.86. The minimum Gasteiger partial charge on any atom is -0.0622 e. The zero-order valence-electron chi connectivity index (χ0n) is 28.7. The summed E-state index contributed by atoms with van der Waals surface area (Å²) in [7, 11) is 0. The molecule has 0 saturated carbocycles. The Morgan fingerprint density at radius 1 is 0.212 bits per heavy atom. The van der Waals surface area contributed by atoms with Gasteiger partial charge in [-0.15, -0.1) is 0 Å². The van der Waals surface area contributed by atoms with Gasteiger partial charge in [0.2, 0.25) is 0 Å². The molecule has 11 rings (SSSR count). The zero-order valence-corrected chi connectivity index (χ0v) is 28.7. The third-order valence-electron chi connectivity index (χ3n) is 11.5. The summed E-state index contributed by atoms with van der Waals surface area (Å²) < 4.78 is 0. The van der Waals surface area contributed by atoms with Crippen molar-refractivity contribution in [1.29, 1.82) is 0 Å². The molecule has 0 spiro atoms. The Balaban J connectivity index is 0.848. The van der Waals surface area contributed by atoms with E-state index < -0.39 is 0 Å². The molecule has 0 atom stereocenters. The predicted octanol–water partition coefficient (Wildman–Crippen LogP) is 13.8. The largest absolute Gasteiger partial charge is 0.0622 e. The van der Waals surface area contributed by atoms with Crippen LogP contribution in [0.25, 0.3) is 88.3 Å². The van der Waals surface area contributed by atoms with Crippen molar-refractivity contribution in [2.45, 2.75) is 12.8 Å². The van der Waals surface area contributed by atoms with E-state index in [2.05, 4.69) is 182 Å². The minimum absolute atomic E-state index is 0.966. The standard InChI is InChI=1S/C52H34/c1-2-6-33(7-3-1)36-16-20-49-45(27-36)31-47-29-43(18-22-50(47)49)44-19-23-52-48(30-44)32-46-28-42(17-21-51(46)52)41-15-14-39-25-38(12-13-40(39)26-41)37-11-10-34-8-4-5-9-35(34)24-37/h1-30H,31-32H2. The lowest BCUT2D eigenvalue weighted by Gasteiger charge is -2.10. The molecular weight excluding hydrogens is 625 g/mol. The monoisotopic (exact) mass is 658 g/mol. The molecule has 0 nitrogen and oxygen atoms in total. The number of hydrogen-bond donors (Lipinski definition) is 0. The van der Waals surface area contributed by atoms with Gasteiger partial charge in [0.15, 0.2) is 0 Å². The number of benzene rings is 9. The van der Waals surface area contributed by atoms with Crippen molar-refractivity contribution in [2.24, 2.45) is 0 Å². The summed E-state index contributed by atoms with van der Waals surface area (Å²) in [6.07, 6.45) is 1.95. The van der Waals surface area contributed by atoms with Crippen LogP contribution >= 0.6 is 0 Å². The van der Waals surface area contributed by atoms with Gasteiger partial charge >= 0.3 is 0 Å². The normalized spacial score (nSPS) is 12.5. The second-order valence-electron chi connectivity index (χ2n) is 14.5. The van der Waals surface area contributed by atoms with E-state index in [-0.39, 0.29) is 0 Å². The van der Waals surface area contributed by atoms with Gasteiger partial charge < -0.3 is 0 Å². The van der Waals surface area contributed by atoms with Gasteiger partial charge in [-0.3, -0.25) is 0 Å². The molecule has 0 aliphatic heterocycles. The highest BCUT2D eigenvalue weighted by molar-refractivity contribution is 5.94. The van der Waals surface area contributed by atoms with Gasteiger partial charge in [0.25, 0.3) is 0 Å². The maximum absolute atomic E-state index is 2.43. The molecule has 0 fully saturated rings. The van der Waals surface area contributed by atoms with Crippen LogP contribution in [0.5, 0.6) is 0 Å². The average molecular weight is 659 g/mol. The fourth-order valence-electron chi connectivity index (χ4n) is 8.74. The van der Waals surface area contributed by atoms with Crippen molar-refractivity contribution in [3.8, 4) is 66.8 Å². The van der Waals surface area contributed by atoms with Gasteiger partial charge in [0, 0.05) is 0 Å². The van der Waals surface area contributed by atoms with Crippen LogP contribution in [0, 0.1) is 0 Å². The van der Waals surface area contributed by atoms with E-state index >= 15 is 0 Å². The Kier molecular flexibility index (Phi) is 6.48. The van der Waals surface area contributed by atoms with Crippen LogP contribution in [0.15, 0.2) is 182 Å². The van der Waals surface area contributed by atoms with Crippen molar-refractivity contribution in [3.05, 3.63) is 204 Å². The lowest BCUT2D eigenvalue weighted by molar-refractivity contribution is 1.26. The molecule has 242 valence electrons. The first-order valence-corrected chi connectivity index (χ1v) is 18.3. The molecule has 0 heteroatoms. The lowest BCUT2D eigenvalue weighted by atomic mass is 9.95. The van der Waals surface area contributed by atoms with Crippen molar-refractivity contribution in [1.82, 2.24) is 0 Å². The highest BCUT2D eigenvalue weighted by Crippen LogP contribution is 2.43. The molecular formula is C52H34. The molecule has 52 heavy (non-hydrogen) atoms. The summed E-state index contributed by atoms with van der Waals surface area (Å²) in [6.45, 7) is 0. The van der Waals surface area contributed by atoms with Crippen LogP contribution < -0.4 is 0 Å². The molecule has 0 saturated heterocycles. The Labute approximate surface area is 304 Å². The Bertz CT molecular complexity index is 2890. The minimum atomic E-state index is 0.966. The third-order valence-corrected chi connectivity index (χ3v) is 11.5. The van der Waals surface area contributed by atoms with Crippen LogP contribution in [-0.2, 0) is 12.8 Å². The first kappa shape index (κ1) is 29.3. The molecule has 0 heterocycles. The van der Waals surface area contributed by atoms with Crippen LogP contribution in [0.2, 0.25) is 0 Å². The van der Waals surface area contributed by atoms with E-state index in [0.29, 0.717) is 0 Å². The Morgan fingerprint density at radius 3 is 0.962 bits per heavy atom. The topological polar surface area (TPSA) is 0 Å². The highest BCUT2D eigenvalue weighted by Gasteiger charge is 2.22. The summed E-state index contributed by atoms with van der Waals surface area (Å²) in [4.78, 5) is 0. The molecule has 9 aromatic carbocycles. The zero-order chi connectivity index (χ0) is 34.2. The Morgan fingerprint density at radius 2 is 0.519 bits per heavy atom. The first-order valence-electron chi connectivity index (χ1n) is 18.3. The fourth-order valence-corrected chi connectivity index (χ4v) is 8.74. The molecule has 0 bridgehead atoms. The molecule has 2 aliphatic carbocycles. The van der Waals surface area contributed by atoms with E-state index in [9.17, 15) is 0 Å². The molecule has 2 aliphatic rings. The smallest absolute Gasteiger partial charge is 0.00130 e.